The van der Waals surface area contributed by atoms with Crippen molar-refractivity contribution in [1.29, 1.82) is 0 Å². The van der Waals surface area contributed by atoms with E-state index in [1.54, 1.807) is 6.08 Å². The molecule has 0 radical (unpaired) electrons. The quantitative estimate of drug-likeness (QED) is 0.554. The summed E-state index contributed by atoms with van der Waals surface area (Å²) in [4.78, 5) is 11.5. The number of terminal acetylenes is 1. The van der Waals surface area contributed by atoms with E-state index < -0.39 is 5.97 Å². The molecular weight excluding hydrogens is 204 g/mol. The molecule has 1 aromatic carbocycles. The van der Waals surface area contributed by atoms with Crippen molar-refractivity contribution in [2.45, 2.75) is 0 Å². The Balaban J connectivity index is 2.18. The van der Waals surface area contributed by atoms with Crippen molar-refractivity contribution < 1.29 is 14.3 Å². The molecule has 3 heteroatoms. The molecule has 0 bridgehead atoms. The van der Waals surface area contributed by atoms with E-state index in [4.69, 9.17) is 15.9 Å². The predicted octanol–water partition coefficient (Wildman–Crippen LogP) is 1.64. The molecule has 0 saturated heterocycles. The Morgan fingerprint density at radius 3 is 3.12 bits per heavy atom. The number of ether oxygens (including phenoxy) is 2. The van der Waals surface area contributed by atoms with Crippen molar-refractivity contribution in [3.05, 3.63) is 35.4 Å². The lowest BCUT2D eigenvalue weighted by molar-refractivity contribution is -0.137. The second-order valence-electron chi connectivity index (χ2n) is 3.28. The van der Waals surface area contributed by atoms with Crippen LogP contribution in [0.5, 0.6) is 5.75 Å². The van der Waals surface area contributed by atoms with Crippen molar-refractivity contribution in [2.75, 3.05) is 13.2 Å². The fourth-order valence-corrected chi connectivity index (χ4v) is 1.43. The molecule has 0 saturated carbocycles. The lowest BCUT2D eigenvalue weighted by atomic mass is 10.1. The monoisotopic (exact) mass is 214 g/mol. The SMILES string of the molecule is C#CCOC(=O)C1=Cc2ccccc2OC1. The molecule has 0 atom stereocenters. The van der Waals surface area contributed by atoms with Crippen LogP contribution >= 0.6 is 0 Å². The number of hydrogen-bond acceptors (Lipinski definition) is 3. The van der Waals surface area contributed by atoms with Gasteiger partial charge in [-0.05, 0) is 12.1 Å². The van der Waals surface area contributed by atoms with E-state index in [1.165, 1.54) is 0 Å². The molecule has 0 fully saturated rings. The summed E-state index contributed by atoms with van der Waals surface area (Å²) in [5.41, 5.74) is 1.36. The topological polar surface area (TPSA) is 35.5 Å². The van der Waals surface area contributed by atoms with Crippen LogP contribution in [0.25, 0.3) is 6.08 Å². The van der Waals surface area contributed by atoms with Crippen LogP contribution in [0, 0.1) is 12.3 Å². The van der Waals surface area contributed by atoms with E-state index in [0.29, 0.717) is 5.57 Å². The highest BCUT2D eigenvalue weighted by molar-refractivity contribution is 5.95. The average Bonchev–Trinajstić information content (AvgIpc) is 2.35. The third-order valence-electron chi connectivity index (χ3n) is 2.18. The smallest absolute Gasteiger partial charge is 0.338 e. The van der Waals surface area contributed by atoms with E-state index >= 15 is 0 Å². The first kappa shape index (κ1) is 10.3. The van der Waals surface area contributed by atoms with Gasteiger partial charge in [-0.15, -0.1) is 6.42 Å². The summed E-state index contributed by atoms with van der Waals surface area (Å²) < 4.78 is 10.2. The fraction of sp³-hybridized carbons (Fsp3) is 0.154. The molecule has 1 aromatic rings. The van der Waals surface area contributed by atoms with E-state index in [0.717, 1.165) is 11.3 Å². The van der Waals surface area contributed by atoms with Crippen molar-refractivity contribution in [1.82, 2.24) is 0 Å². The maximum absolute atomic E-state index is 11.5. The minimum atomic E-state index is -0.424. The molecule has 0 spiro atoms. The second kappa shape index (κ2) is 4.54. The van der Waals surface area contributed by atoms with Gasteiger partial charge < -0.3 is 9.47 Å². The van der Waals surface area contributed by atoms with Gasteiger partial charge in [-0.1, -0.05) is 24.1 Å². The van der Waals surface area contributed by atoms with E-state index in [9.17, 15) is 4.79 Å². The summed E-state index contributed by atoms with van der Waals surface area (Å²) in [7, 11) is 0. The van der Waals surface area contributed by atoms with Gasteiger partial charge in [-0.25, -0.2) is 4.79 Å². The Morgan fingerprint density at radius 2 is 2.31 bits per heavy atom. The zero-order valence-electron chi connectivity index (χ0n) is 8.60. The van der Waals surface area contributed by atoms with Crippen LogP contribution in [-0.4, -0.2) is 19.2 Å². The third-order valence-corrected chi connectivity index (χ3v) is 2.18. The molecule has 0 aliphatic carbocycles. The molecule has 1 aliphatic heterocycles. The van der Waals surface area contributed by atoms with Gasteiger partial charge in [0.15, 0.2) is 6.61 Å². The Labute approximate surface area is 93.7 Å². The van der Waals surface area contributed by atoms with Crippen LogP contribution in [0.2, 0.25) is 0 Å². The predicted molar refractivity (Wildman–Crippen MR) is 59.7 cm³/mol. The van der Waals surface area contributed by atoms with Crippen molar-refractivity contribution in [2.24, 2.45) is 0 Å². The van der Waals surface area contributed by atoms with Crippen molar-refractivity contribution in [3.63, 3.8) is 0 Å². The number of esters is 1. The second-order valence-corrected chi connectivity index (χ2v) is 3.28. The van der Waals surface area contributed by atoms with Gasteiger partial charge >= 0.3 is 5.97 Å². The number of hydrogen-bond donors (Lipinski definition) is 0. The highest BCUT2D eigenvalue weighted by Crippen LogP contribution is 2.25. The van der Waals surface area contributed by atoms with Crippen LogP contribution in [0.15, 0.2) is 29.8 Å². The zero-order chi connectivity index (χ0) is 11.4. The van der Waals surface area contributed by atoms with E-state index in [2.05, 4.69) is 5.92 Å². The lowest BCUT2D eigenvalue weighted by Gasteiger charge is -2.16. The highest BCUT2D eigenvalue weighted by Gasteiger charge is 2.17. The summed E-state index contributed by atoms with van der Waals surface area (Å²) in [6, 6.07) is 7.50. The summed E-state index contributed by atoms with van der Waals surface area (Å²) in [6.07, 6.45) is 6.77. The van der Waals surface area contributed by atoms with Crippen LogP contribution in [-0.2, 0) is 9.53 Å². The van der Waals surface area contributed by atoms with Gasteiger partial charge in [0.2, 0.25) is 0 Å². The minimum Gasteiger partial charge on any atom is -0.488 e. The fourth-order valence-electron chi connectivity index (χ4n) is 1.43. The van der Waals surface area contributed by atoms with Gasteiger partial charge in [-0.2, -0.15) is 0 Å². The molecule has 1 aliphatic rings. The normalized spacial score (nSPS) is 12.8. The van der Waals surface area contributed by atoms with Crippen LogP contribution in [0.1, 0.15) is 5.56 Å². The molecule has 0 N–H and O–H groups in total. The standard InChI is InChI=1S/C13H10O3/c1-2-7-15-13(14)11-8-10-5-3-4-6-12(10)16-9-11/h1,3-6,8H,7,9H2. The third kappa shape index (κ3) is 2.06. The van der Waals surface area contributed by atoms with Crippen LogP contribution in [0.3, 0.4) is 0 Å². The number of fused-ring (bicyclic) bond motifs is 1. The van der Waals surface area contributed by atoms with Gasteiger partial charge in [0, 0.05) is 5.56 Å². The Kier molecular flexibility index (Phi) is 2.93. The maximum atomic E-state index is 11.5. The first-order valence-corrected chi connectivity index (χ1v) is 4.84. The molecule has 0 aromatic heterocycles. The summed E-state index contributed by atoms with van der Waals surface area (Å²) in [6.45, 7) is 0.207. The molecule has 2 rings (SSSR count). The molecule has 0 amide bonds. The number of carbonyl (C=O) groups excluding carboxylic acids is 1. The lowest BCUT2D eigenvalue weighted by Crippen LogP contribution is -2.17. The number of para-hydroxylation sites is 1. The largest absolute Gasteiger partial charge is 0.488 e. The first-order valence-electron chi connectivity index (χ1n) is 4.84. The van der Waals surface area contributed by atoms with Gasteiger partial charge in [0.05, 0.1) is 5.57 Å². The number of rotatable bonds is 2. The average molecular weight is 214 g/mol. The van der Waals surface area contributed by atoms with E-state index in [-0.39, 0.29) is 13.2 Å². The van der Waals surface area contributed by atoms with Gasteiger partial charge in [0.25, 0.3) is 0 Å². The van der Waals surface area contributed by atoms with Crippen LogP contribution in [0.4, 0.5) is 0 Å². The number of carbonyl (C=O) groups is 1. The molecule has 1 heterocycles. The first-order chi connectivity index (χ1) is 7.81. The maximum Gasteiger partial charge on any atom is 0.338 e. The minimum absolute atomic E-state index is 0.0161. The summed E-state index contributed by atoms with van der Waals surface area (Å²) >= 11 is 0. The summed E-state index contributed by atoms with van der Waals surface area (Å²) in [5.74, 6) is 2.60. The van der Waals surface area contributed by atoms with Crippen molar-refractivity contribution in [3.8, 4) is 18.1 Å². The Morgan fingerprint density at radius 1 is 1.50 bits per heavy atom. The molecular formula is C13H10O3. The van der Waals surface area contributed by atoms with Crippen molar-refractivity contribution >= 4 is 12.0 Å². The zero-order valence-corrected chi connectivity index (χ0v) is 8.60. The molecule has 0 unspecified atom stereocenters. The summed E-state index contributed by atoms with van der Waals surface area (Å²) in [5, 5.41) is 0. The van der Waals surface area contributed by atoms with Gasteiger partial charge in [-0.3, -0.25) is 0 Å². The number of benzene rings is 1. The Hall–Kier alpha value is -2.21. The molecule has 3 nitrogen and oxygen atoms in total. The van der Waals surface area contributed by atoms with Gasteiger partial charge in [0.1, 0.15) is 12.4 Å². The Bertz CT molecular complexity index is 480. The van der Waals surface area contributed by atoms with Crippen LogP contribution < -0.4 is 4.74 Å². The molecule has 80 valence electrons. The molecule has 16 heavy (non-hydrogen) atoms. The van der Waals surface area contributed by atoms with E-state index in [1.807, 2.05) is 24.3 Å². The highest BCUT2D eigenvalue weighted by atomic mass is 16.5.